The maximum Gasteiger partial charge on any atom is 0.327 e. The standard InChI is InChI=1S/C10H16O2.2C3H4O2/c1-7(2)8-3-5-9(6-4-8)10(11)12;2*1-2-3(4)5/h5,8,10-12H,1,3-4,6H2,2H3;2*2H,1H2,(H,4,5). The van der Waals surface area contributed by atoms with E-state index in [0.29, 0.717) is 5.92 Å². The molecule has 0 aromatic rings. The molecule has 0 saturated carbocycles. The molecule has 124 valence electrons. The topological polar surface area (TPSA) is 115 Å². The molecule has 0 aliphatic heterocycles. The Morgan fingerprint density at radius 2 is 1.64 bits per heavy atom. The van der Waals surface area contributed by atoms with Crippen LogP contribution in [0.2, 0.25) is 0 Å². The van der Waals surface area contributed by atoms with Crippen LogP contribution in [-0.4, -0.2) is 38.7 Å². The number of aliphatic hydroxyl groups excluding tert-OH is 1. The third kappa shape index (κ3) is 12.8. The molecule has 6 heteroatoms. The number of carbonyl (C=O) groups is 2. The summed E-state index contributed by atoms with van der Waals surface area (Å²) in [5.41, 5.74) is 1.95. The molecule has 0 amide bonds. The van der Waals surface area contributed by atoms with Crippen molar-refractivity contribution in [2.45, 2.75) is 32.5 Å². The molecule has 0 aromatic carbocycles. The van der Waals surface area contributed by atoms with Gasteiger partial charge in [0.1, 0.15) is 0 Å². The number of hydrogen-bond donors (Lipinski definition) is 4. The zero-order valence-electron chi connectivity index (χ0n) is 12.7. The Balaban J connectivity index is 0. The van der Waals surface area contributed by atoms with E-state index in [1.165, 1.54) is 5.57 Å². The summed E-state index contributed by atoms with van der Waals surface area (Å²) in [4.78, 5) is 18.5. The molecule has 0 heterocycles. The predicted octanol–water partition coefficient (Wildman–Crippen LogP) is 2.11. The fourth-order valence-electron chi connectivity index (χ4n) is 1.54. The van der Waals surface area contributed by atoms with Gasteiger partial charge in [-0.1, -0.05) is 31.4 Å². The lowest BCUT2D eigenvalue weighted by molar-refractivity contribution is -0.132. The van der Waals surface area contributed by atoms with Crippen molar-refractivity contribution in [3.63, 3.8) is 0 Å². The second-order valence-corrected chi connectivity index (χ2v) is 4.56. The first-order chi connectivity index (χ1) is 10.1. The number of allylic oxidation sites excluding steroid dienone is 2. The van der Waals surface area contributed by atoms with Crippen molar-refractivity contribution < 1.29 is 30.0 Å². The first-order valence-electron chi connectivity index (χ1n) is 6.56. The zero-order valence-corrected chi connectivity index (χ0v) is 12.7. The van der Waals surface area contributed by atoms with Gasteiger partial charge in [0.15, 0.2) is 6.29 Å². The van der Waals surface area contributed by atoms with Crippen molar-refractivity contribution in [3.05, 3.63) is 49.1 Å². The second-order valence-electron chi connectivity index (χ2n) is 4.56. The monoisotopic (exact) mass is 312 g/mol. The lowest BCUT2D eigenvalue weighted by Gasteiger charge is -2.22. The maximum atomic E-state index is 9.25. The van der Waals surface area contributed by atoms with Crippen LogP contribution in [0, 0.1) is 5.92 Å². The van der Waals surface area contributed by atoms with Gasteiger partial charge in [-0.3, -0.25) is 0 Å². The summed E-state index contributed by atoms with van der Waals surface area (Å²) in [6, 6.07) is 0. The van der Waals surface area contributed by atoms with E-state index >= 15 is 0 Å². The molecule has 0 radical (unpaired) electrons. The molecule has 4 N–H and O–H groups in total. The summed E-state index contributed by atoms with van der Waals surface area (Å²) in [5.74, 6) is -1.43. The molecular weight excluding hydrogens is 288 g/mol. The van der Waals surface area contributed by atoms with Crippen molar-refractivity contribution in [3.8, 4) is 0 Å². The molecule has 22 heavy (non-hydrogen) atoms. The van der Waals surface area contributed by atoms with Crippen LogP contribution < -0.4 is 0 Å². The van der Waals surface area contributed by atoms with E-state index in [1.54, 1.807) is 0 Å². The Morgan fingerprint density at radius 3 is 1.82 bits per heavy atom. The lowest BCUT2D eigenvalue weighted by Crippen LogP contribution is -2.15. The van der Waals surface area contributed by atoms with Gasteiger partial charge in [-0.25, -0.2) is 9.59 Å². The number of carboxylic acid groups (broad SMARTS) is 2. The quantitative estimate of drug-likeness (QED) is 0.359. The Morgan fingerprint density at radius 1 is 1.23 bits per heavy atom. The summed E-state index contributed by atoms with van der Waals surface area (Å²) in [7, 11) is 0. The Bertz CT molecular complexity index is 416. The molecule has 0 bridgehead atoms. The van der Waals surface area contributed by atoms with Crippen LogP contribution in [-0.2, 0) is 9.59 Å². The van der Waals surface area contributed by atoms with Crippen LogP contribution >= 0.6 is 0 Å². The Labute approximate surface area is 130 Å². The molecule has 1 aliphatic carbocycles. The maximum absolute atomic E-state index is 9.25. The SMILES string of the molecule is C=C(C)C1CC=C(C(O)O)CC1.C=CC(=O)O.C=CC(=O)O. The van der Waals surface area contributed by atoms with Crippen LogP contribution in [0.4, 0.5) is 0 Å². The van der Waals surface area contributed by atoms with Crippen molar-refractivity contribution in [2.24, 2.45) is 5.92 Å². The van der Waals surface area contributed by atoms with E-state index in [4.69, 9.17) is 20.4 Å². The minimum Gasteiger partial charge on any atom is -0.478 e. The van der Waals surface area contributed by atoms with E-state index in [1.807, 2.05) is 13.0 Å². The second kappa shape index (κ2) is 12.6. The van der Waals surface area contributed by atoms with E-state index in [0.717, 1.165) is 37.0 Å². The van der Waals surface area contributed by atoms with Crippen LogP contribution in [0.5, 0.6) is 0 Å². The highest BCUT2D eigenvalue weighted by molar-refractivity contribution is 5.79. The van der Waals surface area contributed by atoms with Crippen LogP contribution in [0.25, 0.3) is 0 Å². The van der Waals surface area contributed by atoms with Gasteiger partial charge < -0.3 is 20.4 Å². The minimum absolute atomic E-state index is 0.535. The van der Waals surface area contributed by atoms with Crippen LogP contribution in [0.15, 0.2) is 49.1 Å². The largest absolute Gasteiger partial charge is 0.478 e. The van der Waals surface area contributed by atoms with Gasteiger partial charge in [0.2, 0.25) is 0 Å². The molecule has 1 unspecified atom stereocenters. The summed E-state index contributed by atoms with van der Waals surface area (Å²) in [5, 5.41) is 32.9. The van der Waals surface area contributed by atoms with E-state index in [-0.39, 0.29) is 0 Å². The molecule has 1 rings (SSSR count). The smallest absolute Gasteiger partial charge is 0.327 e. The molecule has 0 saturated heterocycles. The first kappa shape index (κ1) is 22.1. The highest BCUT2D eigenvalue weighted by atomic mass is 16.5. The molecule has 0 aromatic heterocycles. The molecule has 1 atom stereocenters. The van der Waals surface area contributed by atoms with Crippen LogP contribution in [0.3, 0.4) is 0 Å². The number of aliphatic hydroxyl groups is 2. The van der Waals surface area contributed by atoms with Gasteiger partial charge in [0.25, 0.3) is 0 Å². The molecular formula is C16H24O6. The average molecular weight is 312 g/mol. The molecule has 1 aliphatic rings. The third-order valence-electron chi connectivity index (χ3n) is 2.82. The number of hydrogen-bond acceptors (Lipinski definition) is 4. The highest BCUT2D eigenvalue weighted by Crippen LogP contribution is 2.28. The summed E-state index contributed by atoms with van der Waals surface area (Å²) in [6.07, 6.45) is 5.03. The molecule has 6 nitrogen and oxygen atoms in total. The Hall–Kier alpha value is -2.18. The minimum atomic E-state index is -1.25. The summed E-state index contributed by atoms with van der Waals surface area (Å²) >= 11 is 0. The van der Waals surface area contributed by atoms with E-state index in [2.05, 4.69) is 19.7 Å². The van der Waals surface area contributed by atoms with Crippen molar-refractivity contribution in [1.29, 1.82) is 0 Å². The summed E-state index contributed by atoms with van der Waals surface area (Å²) in [6.45, 7) is 11.8. The Kier molecular flexibility index (Phi) is 12.6. The van der Waals surface area contributed by atoms with Gasteiger partial charge in [-0.15, -0.1) is 0 Å². The van der Waals surface area contributed by atoms with Crippen molar-refractivity contribution >= 4 is 11.9 Å². The number of rotatable bonds is 4. The predicted molar refractivity (Wildman–Crippen MR) is 84.1 cm³/mol. The number of aliphatic carboxylic acids is 2. The third-order valence-corrected chi connectivity index (χ3v) is 2.82. The molecule has 0 fully saturated rings. The zero-order chi connectivity index (χ0) is 17.7. The van der Waals surface area contributed by atoms with Gasteiger partial charge in [0.05, 0.1) is 0 Å². The van der Waals surface area contributed by atoms with Crippen LogP contribution in [0.1, 0.15) is 26.2 Å². The van der Waals surface area contributed by atoms with Gasteiger partial charge in [-0.2, -0.15) is 0 Å². The van der Waals surface area contributed by atoms with Gasteiger partial charge in [0, 0.05) is 12.2 Å². The summed E-state index contributed by atoms with van der Waals surface area (Å²) < 4.78 is 0. The van der Waals surface area contributed by atoms with Crippen molar-refractivity contribution in [2.75, 3.05) is 0 Å². The average Bonchev–Trinajstić information content (AvgIpc) is 2.48. The molecule has 0 spiro atoms. The normalized spacial score (nSPS) is 16.0. The first-order valence-corrected chi connectivity index (χ1v) is 6.56. The van der Waals surface area contributed by atoms with E-state index in [9.17, 15) is 9.59 Å². The van der Waals surface area contributed by atoms with E-state index < -0.39 is 18.2 Å². The van der Waals surface area contributed by atoms with Gasteiger partial charge >= 0.3 is 11.9 Å². The lowest BCUT2D eigenvalue weighted by atomic mass is 9.85. The highest BCUT2D eigenvalue weighted by Gasteiger charge is 2.17. The fraction of sp³-hybridized carbons (Fsp3) is 0.375. The van der Waals surface area contributed by atoms with Crippen molar-refractivity contribution in [1.82, 2.24) is 0 Å². The number of carboxylic acids is 2. The fourth-order valence-corrected chi connectivity index (χ4v) is 1.54. The van der Waals surface area contributed by atoms with Gasteiger partial charge in [-0.05, 0) is 37.7 Å².